The average Bonchev–Trinajstić information content (AvgIpc) is 2.58. The van der Waals surface area contributed by atoms with E-state index in [9.17, 15) is 15.3 Å². The quantitative estimate of drug-likeness (QED) is 0.211. The van der Waals surface area contributed by atoms with Crippen molar-refractivity contribution in [1.82, 2.24) is 5.01 Å². The molecule has 0 aliphatic heterocycles. The molecule has 0 aliphatic carbocycles. The van der Waals surface area contributed by atoms with E-state index in [0.717, 1.165) is 0 Å². The number of nitrogens with zero attached hydrogens (tertiary/aromatic N) is 4. The lowest BCUT2D eigenvalue weighted by molar-refractivity contribution is -0.710. The van der Waals surface area contributed by atoms with Gasteiger partial charge in [0.2, 0.25) is 5.28 Å². The van der Waals surface area contributed by atoms with Crippen molar-refractivity contribution in [2.24, 2.45) is 5.28 Å². The first-order valence-electron chi connectivity index (χ1n) is 7.42. The molecule has 10 nitrogen and oxygen atoms in total. The minimum atomic E-state index is -0.510. The SMILES string of the molecule is CCN(CC)/[N+]([O-])=N/OCCc1cc(OC)c(OC)cc1[N+](=O)[O-]. The molecule has 0 spiro atoms. The van der Waals surface area contributed by atoms with Crippen LogP contribution < -0.4 is 9.47 Å². The number of hydrazine groups is 1. The Kier molecular flexibility index (Phi) is 7.53. The maximum Gasteiger partial charge on any atom is 0.276 e. The van der Waals surface area contributed by atoms with Crippen LogP contribution in [0.1, 0.15) is 19.4 Å². The molecule has 0 heterocycles. The van der Waals surface area contributed by atoms with Crippen molar-refractivity contribution in [3.63, 3.8) is 0 Å². The molecule has 0 aliphatic rings. The van der Waals surface area contributed by atoms with Crippen molar-refractivity contribution >= 4 is 5.69 Å². The van der Waals surface area contributed by atoms with Gasteiger partial charge in [-0.1, -0.05) is 0 Å². The summed E-state index contributed by atoms with van der Waals surface area (Å²) < 4.78 is 10.2. The van der Waals surface area contributed by atoms with E-state index in [1.54, 1.807) is 0 Å². The van der Waals surface area contributed by atoms with E-state index in [1.165, 1.54) is 31.4 Å². The van der Waals surface area contributed by atoms with Crippen LogP contribution in [0.5, 0.6) is 11.5 Å². The standard InChI is InChI=1S/C14H22N4O6/c1-5-16(6-2)18(21)15-24-8-7-11-9-13(22-3)14(23-4)10-12(11)17(19)20/h9-10H,5-8H2,1-4H3/b18-15-. The number of benzene rings is 1. The van der Waals surface area contributed by atoms with Crippen LogP contribution in [0.15, 0.2) is 17.4 Å². The van der Waals surface area contributed by atoms with E-state index in [0.29, 0.717) is 29.4 Å². The monoisotopic (exact) mass is 342 g/mol. The molecular weight excluding hydrogens is 320 g/mol. The highest BCUT2D eigenvalue weighted by atomic mass is 16.7. The fourth-order valence-corrected chi connectivity index (χ4v) is 2.04. The van der Waals surface area contributed by atoms with Crippen LogP contribution in [-0.2, 0) is 11.3 Å². The van der Waals surface area contributed by atoms with Crippen LogP contribution >= 0.6 is 0 Å². The normalized spacial score (nSPS) is 11.1. The van der Waals surface area contributed by atoms with Crippen LogP contribution in [-0.4, -0.2) is 48.8 Å². The molecule has 24 heavy (non-hydrogen) atoms. The molecule has 0 N–H and O–H groups in total. The number of nitro benzene ring substituents is 1. The van der Waals surface area contributed by atoms with Gasteiger partial charge in [0.15, 0.2) is 11.5 Å². The number of ether oxygens (including phenoxy) is 2. The Hall–Kier alpha value is -2.78. The fourth-order valence-electron chi connectivity index (χ4n) is 2.04. The summed E-state index contributed by atoms with van der Waals surface area (Å²) in [6.07, 6.45) is 0.187. The molecule has 0 fully saturated rings. The zero-order chi connectivity index (χ0) is 18.1. The first-order chi connectivity index (χ1) is 11.5. The maximum absolute atomic E-state index is 11.6. The average molecular weight is 342 g/mol. The molecule has 1 aromatic carbocycles. The summed E-state index contributed by atoms with van der Waals surface area (Å²) in [4.78, 5) is 16.0. The second kappa shape index (κ2) is 9.38. The molecular formula is C14H22N4O6. The summed E-state index contributed by atoms with van der Waals surface area (Å²) in [6.45, 7) is 4.63. The number of methoxy groups -OCH3 is 2. The van der Waals surface area contributed by atoms with Gasteiger partial charge < -0.3 is 19.5 Å². The third-order valence-corrected chi connectivity index (χ3v) is 3.34. The van der Waals surface area contributed by atoms with Gasteiger partial charge in [-0.05, 0) is 19.9 Å². The number of rotatable bonds is 10. The first-order valence-corrected chi connectivity index (χ1v) is 7.42. The molecule has 0 radical (unpaired) electrons. The predicted molar refractivity (Wildman–Crippen MR) is 84.8 cm³/mol. The van der Waals surface area contributed by atoms with E-state index in [4.69, 9.17) is 14.3 Å². The van der Waals surface area contributed by atoms with Gasteiger partial charge in [-0.3, -0.25) is 10.1 Å². The van der Waals surface area contributed by atoms with E-state index >= 15 is 0 Å². The van der Waals surface area contributed by atoms with Crippen molar-refractivity contribution < 1.29 is 24.2 Å². The van der Waals surface area contributed by atoms with Crippen LogP contribution in [0, 0.1) is 15.3 Å². The fraction of sp³-hybridized carbons (Fsp3) is 0.571. The zero-order valence-corrected chi connectivity index (χ0v) is 14.2. The van der Waals surface area contributed by atoms with Crippen molar-refractivity contribution in [2.75, 3.05) is 33.9 Å². The predicted octanol–water partition coefficient (Wildman–Crippen LogP) is 2.31. The molecule has 0 unspecified atom stereocenters. The van der Waals surface area contributed by atoms with Gasteiger partial charge in [0.05, 0.1) is 43.3 Å². The van der Waals surface area contributed by atoms with Gasteiger partial charge in [0.25, 0.3) is 5.69 Å². The van der Waals surface area contributed by atoms with E-state index in [1.807, 2.05) is 13.8 Å². The van der Waals surface area contributed by atoms with Crippen molar-refractivity contribution in [2.45, 2.75) is 20.3 Å². The van der Waals surface area contributed by atoms with Crippen LogP contribution in [0.3, 0.4) is 0 Å². The van der Waals surface area contributed by atoms with E-state index in [-0.39, 0.29) is 24.5 Å². The number of nitro groups is 1. The summed E-state index contributed by atoms with van der Waals surface area (Å²) >= 11 is 0. The summed E-state index contributed by atoms with van der Waals surface area (Å²) in [7, 11) is 2.85. The Morgan fingerprint density at radius 2 is 1.71 bits per heavy atom. The second-order valence-corrected chi connectivity index (χ2v) is 4.65. The summed E-state index contributed by atoms with van der Waals surface area (Å²) in [5.74, 6) is 0.648. The highest BCUT2D eigenvalue weighted by Gasteiger charge is 2.19. The van der Waals surface area contributed by atoms with Crippen molar-refractivity contribution in [3.8, 4) is 11.5 Å². The minimum absolute atomic E-state index is 0.0102. The molecule has 0 aromatic heterocycles. The molecule has 10 heteroatoms. The molecule has 1 rings (SSSR count). The first kappa shape index (κ1) is 19.3. The lowest BCUT2D eigenvalue weighted by Crippen LogP contribution is -2.30. The Bertz CT molecular complexity index is 589. The number of hydrogen-bond acceptors (Lipinski definition) is 7. The Morgan fingerprint density at radius 1 is 1.12 bits per heavy atom. The molecule has 0 saturated carbocycles. The lowest BCUT2D eigenvalue weighted by atomic mass is 10.1. The topological polar surface area (TPSA) is 113 Å². The van der Waals surface area contributed by atoms with Crippen molar-refractivity contribution in [1.29, 1.82) is 0 Å². The Labute approximate surface area is 139 Å². The van der Waals surface area contributed by atoms with Gasteiger partial charge in [0, 0.05) is 12.0 Å². The summed E-state index contributed by atoms with van der Waals surface area (Å²) in [5, 5.41) is 27.6. The highest BCUT2D eigenvalue weighted by molar-refractivity contribution is 5.54. The molecule has 1 aromatic rings. The molecule has 0 atom stereocenters. The minimum Gasteiger partial charge on any atom is -0.569 e. The molecule has 0 amide bonds. The third-order valence-electron chi connectivity index (χ3n) is 3.34. The highest BCUT2D eigenvalue weighted by Crippen LogP contribution is 2.34. The molecule has 0 saturated heterocycles. The van der Waals surface area contributed by atoms with Crippen LogP contribution in [0.2, 0.25) is 0 Å². The Balaban J connectivity index is 2.83. The Morgan fingerprint density at radius 3 is 2.21 bits per heavy atom. The van der Waals surface area contributed by atoms with Gasteiger partial charge in [-0.15, -0.1) is 5.01 Å². The smallest absolute Gasteiger partial charge is 0.276 e. The van der Waals surface area contributed by atoms with Gasteiger partial charge >= 0.3 is 0 Å². The summed E-state index contributed by atoms with van der Waals surface area (Å²) in [5.41, 5.74) is 0.284. The molecule has 0 bridgehead atoms. The number of hydrogen-bond donors (Lipinski definition) is 0. The van der Waals surface area contributed by atoms with Gasteiger partial charge in [0.1, 0.15) is 6.61 Å². The van der Waals surface area contributed by atoms with E-state index in [2.05, 4.69) is 5.28 Å². The zero-order valence-electron chi connectivity index (χ0n) is 14.2. The van der Waals surface area contributed by atoms with Gasteiger partial charge in [-0.25, -0.2) is 0 Å². The molecule has 134 valence electrons. The van der Waals surface area contributed by atoms with Gasteiger partial charge in [-0.2, -0.15) is 0 Å². The van der Waals surface area contributed by atoms with E-state index < -0.39 is 4.92 Å². The maximum atomic E-state index is 11.6. The summed E-state index contributed by atoms with van der Waals surface area (Å²) in [6, 6.07) is 2.81. The second-order valence-electron chi connectivity index (χ2n) is 4.65. The largest absolute Gasteiger partial charge is 0.569 e. The van der Waals surface area contributed by atoms with Crippen LogP contribution in [0.4, 0.5) is 5.69 Å². The van der Waals surface area contributed by atoms with Crippen molar-refractivity contribution in [3.05, 3.63) is 33.0 Å². The lowest BCUT2D eigenvalue weighted by Gasteiger charge is -2.13. The third kappa shape index (κ3) is 4.86. The van der Waals surface area contributed by atoms with Crippen LogP contribution in [0.25, 0.3) is 0 Å².